The van der Waals surface area contributed by atoms with Gasteiger partial charge in [-0.3, -0.25) is 0 Å². The Morgan fingerprint density at radius 1 is 0.947 bits per heavy atom. The van der Waals surface area contributed by atoms with Gasteiger partial charge in [-0.2, -0.15) is 0 Å². The molecule has 1 aromatic heterocycles. The summed E-state index contributed by atoms with van der Waals surface area (Å²) in [7, 11) is 0. The highest BCUT2D eigenvalue weighted by Crippen LogP contribution is 2.26. The monoisotopic (exact) mass is 269 g/mol. The second-order valence-electron chi connectivity index (χ2n) is 4.19. The van der Waals surface area contributed by atoms with Crippen molar-refractivity contribution in [1.29, 1.82) is 0 Å². The van der Waals surface area contributed by atoms with Gasteiger partial charge >= 0.3 is 0 Å². The van der Waals surface area contributed by atoms with E-state index in [1.54, 1.807) is 0 Å². The summed E-state index contributed by atoms with van der Waals surface area (Å²) in [6.45, 7) is 0. The summed E-state index contributed by atoms with van der Waals surface area (Å²) in [5.74, 6) is 1.78. The SMILES string of the molecule is ClCc1cc(Oc2ccccc2)nc2ccccc12. The first-order valence-corrected chi connectivity index (χ1v) is 6.58. The third-order valence-electron chi connectivity index (χ3n) is 2.89. The molecule has 0 aliphatic heterocycles. The summed E-state index contributed by atoms with van der Waals surface area (Å²) in [6.07, 6.45) is 0. The topological polar surface area (TPSA) is 22.1 Å². The van der Waals surface area contributed by atoms with E-state index < -0.39 is 0 Å². The van der Waals surface area contributed by atoms with E-state index in [0.717, 1.165) is 22.2 Å². The highest BCUT2D eigenvalue weighted by Gasteiger charge is 2.06. The summed E-state index contributed by atoms with van der Waals surface area (Å²) in [6, 6.07) is 19.4. The molecule has 0 saturated carbocycles. The van der Waals surface area contributed by atoms with E-state index in [2.05, 4.69) is 4.98 Å². The molecule has 0 spiro atoms. The van der Waals surface area contributed by atoms with Gasteiger partial charge in [0, 0.05) is 17.3 Å². The number of halogens is 1. The maximum absolute atomic E-state index is 6.00. The van der Waals surface area contributed by atoms with Gasteiger partial charge in [-0.1, -0.05) is 36.4 Å². The standard InChI is InChI=1S/C16H12ClNO/c17-11-12-10-16(19-13-6-2-1-3-7-13)18-15-9-5-4-8-14(12)15/h1-10H,11H2. The molecular weight excluding hydrogens is 258 g/mol. The fraction of sp³-hybridized carbons (Fsp3) is 0.0625. The van der Waals surface area contributed by atoms with Gasteiger partial charge in [0.15, 0.2) is 0 Å². The van der Waals surface area contributed by atoms with Crippen molar-refractivity contribution in [2.24, 2.45) is 0 Å². The average molecular weight is 270 g/mol. The third-order valence-corrected chi connectivity index (χ3v) is 3.18. The van der Waals surface area contributed by atoms with Crippen LogP contribution in [0.15, 0.2) is 60.7 Å². The molecule has 0 aliphatic carbocycles. The fourth-order valence-electron chi connectivity index (χ4n) is 1.99. The van der Waals surface area contributed by atoms with Crippen LogP contribution < -0.4 is 4.74 Å². The quantitative estimate of drug-likeness (QED) is 0.639. The van der Waals surface area contributed by atoms with E-state index in [1.807, 2.05) is 60.7 Å². The minimum atomic E-state index is 0.439. The zero-order valence-corrected chi connectivity index (χ0v) is 11.0. The second-order valence-corrected chi connectivity index (χ2v) is 4.45. The summed E-state index contributed by atoms with van der Waals surface area (Å²) in [4.78, 5) is 4.50. The normalized spacial score (nSPS) is 10.6. The van der Waals surface area contributed by atoms with Crippen LogP contribution >= 0.6 is 11.6 Å². The van der Waals surface area contributed by atoms with Crippen molar-refractivity contribution in [2.75, 3.05) is 0 Å². The lowest BCUT2D eigenvalue weighted by Gasteiger charge is -2.08. The van der Waals surface area contributed by atoms with Gasteiger partial charge in [0.2, 0.25) is 5.88 Å². The first kappa shape index (κ1) is 12.0. The van der Waals surface area contributed by atoms with Gasteiger partial charge in [0.25, 0.3) is 0 Å². The lowest BCUT2D eigenvalue weighted by molar-refractivity contribution is 0.464. The molecule has 3 aromatic rings. The lowest BCUT2D eigenvalue weighted by atomic mass is 10.1. The van der Waals surface area contributed by atoms with Crippen LogP contribution in [0.4, 0.5) is 0 Å². The predicted molar refractivity (Wildman–Crippen MR) is 77.8 cm³/mol. The number of nitrogens with zero attached hydrogens (tertiary/aromatic N) is 1. The summed E-state index contributed by atoms with van der Waals surface area (Å²) < 4.78 is 5.76. The largest absolute Gasteiger partial charge is 0.439 e. The maximum Gasteiger partial charge on any atom is 0.220 e. The number of para-hydroxylation sites is 2. The van der Waals surface area contributed by atoms with Crippen LogP contribution in [-0.2, 0) is 5.88 Å². The van der Waals surface area contributed by atoms with E-state index in [1.165, 1.54) is 0 Å². The highest BCUT2D eigenvalue weighted by atomic mass is 35.5. The fourth-order valence-corrected chi connectivity index (χ4v) is 2.21. The van der Waals surface area contributed by atoms with Crippen LogP contribution in [-0.4, -0.2) is 4.98 Å². The minimum Gasteiger partial charge on any atom is -0.439 e. The number of rotatable bonds is 3. The van der Waals surface area contributed by atoms with Crippen molar-refractivity contribution in [2.45, 2.75) is 5.88 Å². The van der Waals surface area contributed by atoms with Gasteiger partial charge in [-0.05, 0) is 23.8 Å². The number of fused-ring (bicyclic) bond motifs is 1. The molecule has 0 amide bonds. The minimum absolute atomic E-state index is 0.439. The first-order valence-electron chi connectivity index (χ1n) is 6.04. The van der Waals surface area contributed by atoms with Gasteiger partial charge in [0.05, 0.1) is 5.52 Å². The zero-order chi connectivity index (χ0) is 13.1. The Kier molecular flexibility index (Phi) is 3.34. The van der Waals surface area contributed by atoms with Crippen molar-refractivity contribution in [1.82, 2.24) is 4.98 Å². The molecule has 0 saturated heterocycles. The molecule has 0 radical (unpaired) electrons. The Morgan fingerprint density at radius 3 is 2.47 bits per heavy atom. The molecule has 3 heteroatoms. The molecule has 0 bridgehead atoms. The molecule has 2 nitrogen and oxygen atoms in total. The van der Waals surface area contributed by atoms with Crippen molar-refractivity contribution < 1.29 is 4.74 Å². The van der Waals surface area contributed by atoms with E-state index in [0.29, 0.717) is 11.8 Å². The van der Waals surface area contributed by atoms with Gasteiger partial charge in [0.1, 0.15) is 5.75 Å². The summed E-state index contributed by atoms with van der Waals surface area (Å²) in [5, 5.41) is 1.07. The van der Waals surface area contributed by atoms with E-state index >= 15 is 0 Å². The van der Waals surface area contributed by atoms with Gasteiger partial charge < -0.3 is 4.74 Å². The van der Waals surface area contributed by atoms with Crippen molar-refractivity contribution in [3.63, 3.8) is 0 Å². The van der Waals surface area contributed by atoms with Crippen LogP contribution in [0.1, 0.15) is 5.56 Å². The van der Waals surface area contributed by atoms with Crippen LogP contribution in [0.2, 0.25) is 0 Å². The smallest absolute Gasteiger partial charge is 0.220 e. The van der Waals surface area contributed by atoms with E-state index in [4.69, 9.17) is 16.3 Å². The molecule has 94 valence electrons. The molecule has 2 aromatic carbocycles. The Morgan fingerprint density at radius 2 is 1.68 bits per heavy atom. The molecule has 0 fully saturated rings. The second kappa shape index (κ2) is 5.29. The van der Waals surface area contributed by atoms with E-state index in [9.17, 15) is 0 Å². The number of hydrogen-bond acceptors (Lipinski definition) is 2. The molecule has 0 unspecified atom stereocenters. The Balaban J connectivity index is 2.05. The van der Waals surface area contributed by atoms with Crippen molar-refractivity contribution >= 4 is 22.5 Å². The van der Waals surface area contributed by atoms with Crippen LogP contribution in [0.3, 0.4) is 0 Å². The maximum atomic E-state index is 6.00. The lowest BCUT2D eigenvalue weighted by Crippen LogP contribution is -1.92. The molecule has 3 rings (SSSR count). The van der Waals surface area contributed by atoms with Crippen molar-refractivity contribution in [3.05, 3.63) is 66.2 Å². The number of pyridine rings is 1. The molecule has 19 heavy (non-hydrogen) atoms. The van der Waals surface area contributed by atoms with Crippen LogP contribution in [0.25, 0.3) is 10.9 Å². The molecule has 0 atom stereocenters. The van der Waals surface area contributed by atoms with Crippen molar-refractivity contribution in [3.8, 4) is 11.6 Å². The van der Waals surface area contributed by atoms with Crippen LogP contribution in [0.5, 0.6) is 11.6 Å². The molecule has 0 N–H and O–H groups in total. The Labute approximate surface area is 116 Å². The first-order chi connectivity index (χ1) is 9.36. The molecular formula is C16H12ClNO. The average Bonchev–Trinajstić information content (AvgIpc) is 2.47. The Hall–Kier alpha value is -2.06. The third kappa shape index (κ3) is 2.54. The zero-order valence-electron chi connectivity index (χ0n) is 10.2. The predicted octanol–water partition coefficient (Wildman–Crippen LogP) is 4.77. The Bertz CT molecular complexity index is 697. The number of benzene rings is 2. The highest BCUT2D eigenvalue weighted by molar-refractivity contribution is 6.18. The number of ether oxygens (including phenoxy) is 1. The molecule has 0 aliphatic rings. The van der Waals surface area contributed by atoms with E-state index in [-0.39, 0.29) is 0 Å². The summed E-state index contributed by atoms with van der Waals surface area (Å²) >= 11 is 6.00. The number of hydrogen-bond donors (Lipinski definition) is 0. The van der Waals surface area contributed by atoms with Gasteiger partial charge in [-0.25, -0.2) is 4.98 Å². The molecule has 1 heterocycles. The summed E-state index contributed by atoms with van der Waals surface area (Å²) in [5.41, 5.74) is 1.92. The van der Waals surface area contributed by atoms with Gasteiger partial charge in [-0.15, -0.1) is 11.6 Å². The van der Waals surface area contributed by atoms with Crippen LogP contribution in [0, 0.1) is 0 Å². The number of alkyl halides is 1. The number of aromatic nitrogens is 1.